The molecule has 0 fully saturated rings. The van der Waals surface area contributed by atoms with Crippen LogP contribution >= 0.6 is 0 Å². The smallest absolute Gasteiger partial charge is 0.344 e. The fourth-order valence-corrected chi connectivity index (χ4v) is 2.33. The van der Waals surface area contributed by atoms with Crippen molar-refractivity contribution in [2.45, 2.75) is 24.9 Å². The van der Waals surface area contributed by atoms with E-state index in [1.807, 2.05) is 0 Å². The van der Waals surface area contributed by atoms with Crippen LogP contribution in [0.4, 0.5) is 36.4 Å². The molecule has 0 atom stereocenters. The largest absolute Gasteiger partial charge is 0.435 e. The number of halogens is 7. The molecule has 0 saturated carbocycles. The number of hydrogen-bond donors (Lipinski definition) is 0. The Balaban J connectivity index is 2.50. The molecule has 0 aromatic heterocycles. The second-order valence-corrected chi connectivity index (χ2v) is 5.08. The molecule has 1 aliphatic rings. The fraction of sp³-hybridized carbons (Fsp3) is 0.333. The Labute approximate surface area is 127 Å². The molecule has 0 N–H and O–H groups in total. The van der Waals surface area contributed by atoms with Gasteiger partial charge in [-0.05, 0) is 24.6 Å². The van der Waals surface area contributed by atoms with E-state index in [4.69, 9.17) is 0 Å². The van der Waals surface area contributed by atoms with Gasteiger partial charge in [0.15, 0.2) is 0 Å². The molecule has 1 aliphatic heterocycles. The Morgan fingerprint density at radius 3 is 1.96 bits per heavy atom. The summed E-state index contributed by atoms with van der Waals surface area (Å²) in [4.78, 5) is 1.63. The lowest BCUT2D eigenvalue weighted by Crippen LogP contribution is -2.50. The maximum Gasteiger partial charge on any atom is 0.435 e. The number of nitrogens with zero attached hydrogens (tertiary/aromatic N) is 1. The summed E-state index contributed by atoms with van der Waals surface area (Å²) < 4.78 is 90.5. The van der Waals surface area contributed by atoms with Gasteiger partial charge in [-0.15, -0.1) is 0 Å². The van der Waals surface area contributed by atoms with Crippen LogP contribution in [-0.4, -0.2) is 18.9 Å². The molecule has 0 amide bonds. The Kier molecular flexibility index (Phi) is 4.21. The van der Waals surface area contributed by atoms with Gasteiger partial charge in [0, 0.05) is 24.0 Å². The second-order valence-electron chi connectivity index (χ2n) is 5.08. The quantitative estimate of drug-likeness (QED) is 0.672. The van der Waals surface area contributed by atoms with Gasteiger partial charge in [0.25, 0.3) is 0 Å². The van der Waals surface area contributed by atoms with Crippen LogP contribution in [0.25, 0.3) is 0 Å². The van der Waals surface area contributed by atoms with E-state index < -0.39 is 23.6 Å². The van der Waals surface area contributed by atoms with Crippen LogP contribution in [0.3, 0.4) is 0 Å². The average molecular weight is 339 g/mol. The molecule has 0 radical (unpaired) electrons. The molecule has 0 bridgehead atoms. The van der Waals surface area contributed by atoms with Gasteiger partial charge in [-0.3, -0.25) is 0 Å². The first-order chi connectivity index (χ1) is 10.5. The average Bonchev–Trinajstić information content (AvgIpc) is 2.44. The summed E-state index contributed by atoms with van der Waals surface area (Å²) in [7, 11) is 0. The van der Waals surface area contributed by atoms with E-state index in [1.165, 1.54) is 6.92 Å². The molecule has 1 aromatic rings. The summed E-state index contributed by atoms with van der Waals surface area (Å²) in [6.45, 7) is 1.74. The molecule has 0 saturated heterocycles. The Bertz CT molecular complexity index is 626. The van der Waals surface area contributed by atoms with E-state index in [9.17, 15) is 30.7 Å². The third-order valence-corrected chi connectivity index (χ3v) is 3.50. The summed E-state index contributed by atoms with van der Waals surface area (Å²) >= 11 is 0. The minimum atomic E-state index is -6.10. The first kappa shape index (κ1) is 17.4. The topological polar surface area (TPSA) is 3.24 Å². The first-order valence-corrected chi connectivity index (χ1v) is 6.52. The van der Waals surface area contributed by atoms with Crippen molar-refractivity contribution in [3.63, 3.8) is 0 Å². The van der Waals surface area contributed by atoms with Crippen LogP contribution in [0.5, 0.6) is 0 Å². The van der Waals surface area contributed by atoms with E-state index in [0.29, 0.717) is 24.4 Å². The minimum absolute atomic E-state index is 0.109. The molecule has 23 heavy (non-hydrogen) atoms. The molecular formula is C15H12F7N. The molecule has 8 heteroatoms. The van der Waals surface area contributed by atoms with Crippen molar-refractivity contribution in [2.24, 2.45) is 0 Å². The maximum absolute atomic E-state index is 14.0. The molecule has 1 heterocycles. The van der Waals surface area contributed by atoms with Crippen LogP contribution in [0, 0.1) is 6.92 Å². The van der Waals surface area contributed by atoms with Gasteiger partial charge < -0.3 is 4.90 Å². The number of benzene rings is 1. The van der Waals surface area contributed by atoms with E-state index in [2.05, 4.69) is 0 Å². The van der Waals surface area contributed by atoms with Crippen molar-refractivity contribution >= 4 is 5.69 Å². The zero-order valence-corrected chi connectivity index (χ0v) is 11.8. The SMILES string of the molecule is Cc1cc(C(F)(C(F)(F)F)C(F)(F)F)ccc1N1C=CC=CC1. The van der Waals surface area contributed by atoms with Crippen molar-refractivity contribution in [3.05, 3.63) is 53.8 Å². The molecule has 2 rings (SSSR count). The van der Waals surface area contributed by atoms with E-state index in [0.717, 1.165) is 6.07 Å². The number of rotatable bonds is 2. The van der Waals surface area contributed by atoms with Gasteiger partial charge >= 0.3 is 18.0 Å². The Morgan fingerprint density at radius 2 is 1.52 bits per heavy atom. The monoisotopic (exact) mass is 339 g/mol. The van der Waals surface area contributed by atoms with Crippen LogP contribution in [0.1, 0.15) is 11.1 Å². The number of aryl methyl sites for hydroxylation is 1. The van der Waals surface area contributed by atoms with Crippen molar-refractivity contribution in [3.8, 4) is 0 Å². The number of alkyl halides is 7. The highest BCUT2D eigenvalue weighted by Crippen LogP contribution is 2.53. The van der Waals surface area contributed by atoms with Gasteiger partial charge in [-0.1, -0.05) is 24.3 Å². The molecule has 0 unspecified atom stereocenters. The Hall–Kier alpha value is -1.99. The number of allylic oxidation sites excluding steroid dienone is 2. The predicted octanol–water partition coefficient (Wildman–Crippen LogP) is 5.17. The first-order valence-electron chi connectivity index (χ1n) is 6.52. The molecular weight excluding hydrogens is 327 g/mol. The van der Waals surface area contributed by atoms with Gasteiger partial charge in [-0.2, -0.15) is 26.3 Å². The van der Waals surface area contributed by atoms with Gasteiger partial charge in [-0.25, -0.2) is 4.39 Å². The van der Waals surface area contributed by atoms with Gasteiger partial charge in [0.1, 0.15) is 0 Å². The van der Waals surface area contributed by atoms with E-state index in [-0.39, 0.29) is 5.56 Å². The number of anilines is 1. The molecule has 126 valence electrons. The third kappa shape index (κ3) is 2.94. The van der Waals surface area contributed by atoms with Gasteiger partial charge in [0.05, 0.1) is 0 Å². The summed E-state index contributed by atoms with van der Waals surface area (Å²) in [5.74, 6) is 0. The van der Waals surface area contributed by atoms with Crippen LogP contribution in [0.2, 0.25) is 0 Å². The van der Waals surface area contributed by atoms with Crippen LogP contribution < -0.4 is 4.90 Å². The van der Waals surface area contributed by atoms with Crippen molar-refractivity contribution < 1.29 is 30.7 Å². The molecule has 0 spiro atoms. The summed E-state index contributed by atoms with van der Waals surface area (Å²) in [6.07, 6.45) is -5.40. The third-order valence-electron chi connectivity index (χ3n) is 3.50. The summed E-state index contributed by atoms with van der Waals surface area (Å²) in [5, 5.41) is 0. The highest BCUT2D eigenvalue weighted by Gasteiger charge is 2.73. The lowest BCUT2D eigenvalue weighted by atomic mass is 9.92. The molecule has 1 aromatic carbocycles. The normalized spacial score (nSPS) is 16.1. The van der Waals surface area contributed by atoms with Crippen LogP contribution in [0.15, 0.2) is 42.6 Å². The predicted molar refractivity (Wildman–Crippen MR) is 71.7 cm³/mol. The van der Waals surface area contributed by atoms with Crippen molar-refractivity contribution in [1.82, 2.24) is 0 Å². The molecule has 1 nitrogen and oxygen atoms in total. The minimum Gasteiger partial charge on any atom is -0.344 e. The van der Waals surface area contributed by atoms with E-state index in [1.54, 1.807) is 29.3 Å². The van der Waals surface area contributed by atoms with Crippen LogP contribution in [-0.2, 0) is 5.67 Å². The lowest BCUT2D eigenvalue weighted by molar-refractivity contribution is -0.348. The number of hydrogen-bond acceptors (Lipinski definition) is 1. The standard InChI is InChI=1S/C15H12F7N/c1-10-9-11(13(16,14(17,18)19)15(20,21)22)5-6-12(10)23-7-3-2-4-8-23/h2-7,9H,8H2,1H3. The lowest BCUT2D eigenvalue weighted by Gasteiger charge is -2.31. The van der Waals surface area contributed by atoms with E-state index >= 15 is 0 Å². The maximum atomic E-state index is 14.0. The zero-order valence-electron chi connectivity index (χ0n) is 11.8. The second kappa shape index (κ2) is 5.58. The summed E-state index contributed by atoms with van der Waals surface area (Å²) in [5.41, 5.74) is -6.37. The zero-order chi connectivity index (χ0) is 17.5. The van der Waals surface area contributed by atoms with Crippen molar-refractivity contribution in [1.29, 1.82) is 0 Å². The Morgan fingerprint density at radius 1 is 0.913 bits per heavy atom. The molecule has 0 aliphatic carbocycles. The highest BCUT2D eigenvalue weighted by atomic mass is 19.4. The highest BCUT2D eigenvalue weighted by molar-refractivity contribution is 5.58. The van der Waals surface area contributed by atoms with Gasteiger partial charge in [0.2, 0.25) is 0 Å². The van der Waals surface area contributed by atoms with Crippen molar-refractivity contribution in [2.75, 3.05) is 11.4 Å². The summed E-state index contributed by atoms with van der Waals surface area (Å²) in [6, 6.07) is 2.16. The fourth-order valence-electron chi connectivity index (χ4n) is 2.33.